The molecule has 2 heterocycles. The molecule has 4 rings (SSSR count). The van der Waals surface area contributed by atoms with Crippen LogP contribution >= 0.6 is 15.9 Å². The number of nitrogens with one attached hydrogen (secondary N) is 1. The smallest absolute Gasteiger partial charge is 0.253 e. The molecule has 1 saturated heterocycles. The summed E-state index contributed by atoms with van der Waals surface area (Å²) >= 11 is 3.57. The maximum atomic E-state index is 14.6. The minimum atomic E-state index is -1.35. The van der Waals surface area contributed by atoms with Gasteiger partial charge in [-0.1, -0.05) is 60.5 Å². The van der Waals surface area contributed by atoms with Crippen LogP contribution in [0.25, 0.3) is 10.9 Å². The number of ether oxygens (including phenoxy) is 1. The summed E-state index contributed by atoms with van der Waals surface area (Å²) in [4.78, 5) is 12.9. The molecule has 0 radical (unpaired) electrons. The minimum Gasteiger partial charge on any atom is -0.374 e. The lowest BCUT2D eigenvalue weighted by atomic mass is 9.97. The SMILES string of the molecule is O=C(NCCC1CCCCCC1)c1cn(CC2(F)COC2)c2cccc(Br)c12. The topological polar surface area (TPSA) is 43.3 Å². The van der Waals surface area contributed by atoms with Gasteiger partial charge in [-0.15, -0.1) is 0 Å². The van der Waals surface area contributed by atoms with E-state index in [1.807, 2.05) is 22.8 Å². The van der Waals surface area contributed by atoms with Crippen LogP contribution in [0.4, 0.5) is 4.39 Å². The number of carbonyl (C=O) groups is 1. The normalized spacial score (nSPS) is 19.9. The molecule has 1 amide bonds. The minimum absolute atomic E-state index is 0.0814. The van der Waals surface area contributed by atoms with E-state index in [1.165, 1.54) is 38.5 Å². The Morgan fingerprint density at radius 2 is 2.00 bits per heavy atom. The Balaban J connectivity index is 1.48. The van der Waals surface area contributed by atoms with Crippen molar-refractivity contribution in [1.82, 2.24) is 9.88 Å². The average molecular weight is 451 g/mol. The van der Waals surface area contributed by atoms with Crippen LogP contribution in [0.2, 0.25) is 0 Å². The molecule has 1 N–H and O–H groups in total. The second kappa shape index (κ2) is 8.54. The second-order valence-corrected chi connectivity index (χ2v) is 9.20. The van der Waals surface area contributed by atoms with Crippen molar-refractivity contribution in [1.29, 1.82) is 0 Å². The summed E-state index contributed by atoms with van der Waals surface area (Å²) in [7, 11) is 0. The number of benzene rings is 1. The summed E-state index contributed by atoms with van der Waals surface area (Å²) in [6.45, 7) is 1.13. The summed E-state index contributed by atoms with van der Waals surface area (Å²) in [5.74, 6) is 0.642. The van der Waals surface area contributed by atoms with E-state index in [0.29, 0.717) is 12.1 Å². The van der Waals surface area contributed by atoms with Crippen molar-refractivity contribution in [2.45, 2.75) is 57.2 Å². The number of nitrogens with zero attached hydrogens (tertiary/aromatic N) is 1. The molecule has 0 unspecified atom stereocenters. The number of aromatic nitrogens is 1. The van der Waals surface area contributed by atoms with Crippen LogP contribution in [0.15, 0.2) is 28.9 Å². The second-order valence-electron chi connectivity index (χ2n) is 8.35. The molecule has 152 valence electrons. The number of hydrogen-bond acceptors (Lipinski definition) is 2. The molecule has 1 aliphatic carbocycles. The van der Waals surface area contributed by atoms with Gasteiger partial charge in [-0.05, 0) is 24.5 Å². The van der Waals surface area contributed by atoms with Crippen molar-refractivity contribution in [2.75, 3.05) is 19.8 Å². The summed E-state index contributed by atoms with van der Waals surface area (Å²) < 4.78 is 22.4. The van der Waals surface area contributed by atoms with Crippen LogP contribution in [0.3, 0.4) is 0 Å². The van der Waals surface area contributed by atoms with Crippen LogP contribution in [-0.2, 0) is 11.3 Å². The standard InChI is InChI=1S/C22H28BrFN2O2/c23-18-8-5-9-19-20(18)17(12-26(19)13-22(24)14-28-15-22)21(27)25-11-10-16-6-3-1-2-4-7-16/h5,8-9,12,16H,1-4,6-7,10-11,13-15H2,(H,25,27). The molecule has 1 aromatic heterocycles. The third-order valence-electron chi connectivity index (χ3n) is 6.09. The van der Waals surface area contributed by atoms with Gasteiger partial charge in [-0.3, -0.25) is 4.79 Å². The van der Waals surface area contributed by atoms with Gasteiger partial charge in [-0.2, -0.15) is 0 Å². The lowest BCUT2D eigenvalue weighted by molar-refractivity contribution is -0.136. The number of alkyl halides is 1. The van der Waals surface area contributed by atoms with Gasteiger partial charge in [0.1, 0.15) is 0 Å². The number of amides is 1. The van der Waals surface area contributed by atoms with Crippen LogP contribution < -0.4 is 5.32 Å². The number of halogens is 2. The fraction of sp³-hybridized carbons (Fsp3) is 0.591. The molecule has 6 heteroatoms. The van der Waals surface area contributed by atoms with E-state index in [0.717, 1.165) is 27.7 Å². The van der Waals surface area contributed by atoms with Crippen molar-refractivity contribution in [3.8, 4) is 0 Å². The fourth-order valence-corrected chi connectivity index (χ4v) is 5.04. The van der Waals surface area contributed by atoms with Gasteiger partial charge in [0.25, 0.3) is 5.91 Å². The molecular weight excluding hydrogens is 423 g/mol. The van der Waals surface area contributed by atoms with E-state index in [1.54, 1.807) is 6.20 Å². The molecule has 2 fully saturated rings. The Kier molecular flexibility index (Phi) is 6.07. The summed E-state index contributed by atoms with van der Waals surface area (Å²) in [6, 6.07) is 5.77. The lowest BCUT2D eigenvalue weighted by Gasteiger charge is -2.34. The number of rotatable bonds is 6. The van der Waals surface area contributed by atoms with E-state index in [4.69, 9.17) is 4.74 Å². The van der Waals surface area contributed by atoms with Crippen LogP contribution in [0.1, 0.15) is 55.3 Å². The quantitative estimate of drug-likeness (QED) is 0.611. The van der Waals surface area contributed by atoms with Crippen LogP contribution in [0, 0.1) is 5.92 Å². The molecule has 0 bridgehead atoms. The van der Waals surface area contributed by atoms with Gasteiger partial charge < -0.3 is 14.6 Å². The van der Waals surface area contributed by atoms with Crippen molar-refractivity contribution in [2.24, 2.45) is 5.92 Å². The zero-order valence-corrected chi connectivity index (χ0v) is 17.8. The molecule has 0 spiro atoms. The number of fused-ring (bicyclic) bond motifs is 1. The molecule has 28 heavy (non-hydrogen) atoms. The van der Waals surface area contributed by atoms with Gasteiger partial charge in [0, 0.05) is 22.6 Å². The third-order valence-corrected chi connectivity index (χ3v) is 6.75. The highest BCUT2D eigenvalue weighted by Gasteiger charge is 2.39. The molecule has 1 saturated carbocycles. The number of carbonyl (C=O) groups excluding carboxylic acids is 1. The average Bonchev–Trinajstić information content (AvgIpc) is 2.83. The predicted octanol–water partition coefficient (Wildman–Crippen LogP) is 5.23. The van der Waals surface area contributed by atoms with E-state index in [-0.39, 0.29) is 25.7 Å². The highest BCUT2D eigenvalue weighted by atomic mass is 79.9. The van der Waals surface area contributed by atoms with E-state index in [9.17, 15) is 9.18 Å². The van der Waals surface area contributed by atoms with Crippen molar-refractivity contribution >= 4 is 32.7 Å². The van der Waals surface area contributed by atoms with E-state index < -0.39 is 5.67 Å². The van der Waals surface area contributed by atoms with Gasteiger partial charge in [0.15, 0.2) is 5.67 Å². The van der Waals surface area contributed by atoms with Crippen molar-refractivity contribution in [3.63, 3.8) is 0 Å². The van der Waals surface area contributed by atoms with Crippen LogP contribution in [0.5, 0.6) is 0 Å². The summed E-state index contributed by atoms with van der Waals surface area (Å²) in [5, 5.41) is 3.94. The Bertz CT molecular complexity index is 838. The molecule has 2 aliphatic rings. The first-order chi connectivity index (χ1) is 13.6. The third kappa shape index (κ3) is 4.28. The Hall–Kier alpha value is -1.40. The number of hydrogen-bond donors (Lipinski definition) is 1. The maximum Gasteiger partial charge on any atom is 0.253 e. The first-order valence-corrected chi connectivity index (χ1v) is 11.2. The molecule has 1 aromatic carbocycles. The fourth-order valence-electron chi connectivity index (χ4n) is 4.47. The molecule has 2 aromatic rings. The largest absolute Gasteiger partial charge is 0.374 e. The van der Waals surface area contributed by atoms with Gasteiger partial charge in [0.2, 0.25) is 0 Å². The van der Waals surface area contributed by atoms with Gasteiger partial charge in [-0.25, -0.2) is 4.39 Å². The Morgan fingerprint density at radius 3 is 2.68 bits per heavy atom. The molecule has 1 aliphatic heterocycles. The zero-order valence-electron chi connectivity index (χ0n) is 16.2. The molecular formula is C22H28BrFN2O2. The maximum absolute atomic E-state index is 14.6. The monoisotopic (exact) mass is 450 g/mol. The Labute approximate surface area is 173 Å². The summed E-state index contributed by atoms with van der Waals surface area (Å²) in [5.41, 5.74) is 0.126. The van der Waals surface area contributed by atoms with Crippen molar-refractivity contribution < 1.29 is 13.9 Å². The predicted molar refractivity (Wildman–Crippen MR) is 112 cm³/mol. The van der Waals surface area contributed by atoms with E-state index >= 15 is 0 Å². The summed E-state index contributed by atoms with van der Waals surface area (Å²) in [6.07, 6.45) is 10.7. The first-order valence-electron chi connectivity index (χ1n) is 10.4. The van der Waals surface area contributed by atoms with Crippen LogP contribution in [-0.4, -0.2) is 35.9 Å². The van der Waals surface area contributed by atoms with E-state index in [2.05, 4.69) is 21.2 Å². The Morgan fingerprint density at radius 1 is 1.25 bits per heavy atom. The first kappa shape index (κ1) is 19.9. The highest BCUT2D eigenvalue weighted by Crippen LogP contribution is 2.32. The highest BCUT2D eigenvalue weighted by molar-refractivity contribution is 9.10. The van der Waals surface area contributed by atoms with Crippen molar-refractivity contribution in [3.05, 3.63) is 34.4 Å². The van der Waals surface area contributed by atoms with Gasteiger partial charge >= 0.3 is 0 Å². The molecule has 4 nitrogen and oxygen atoms in total. The zero-order chi connectivity index (χ0) is 19.6. The lowest BCUT2D eigenvalue weighted by Crippen LogP contribution is -2.48. The molecule has 0 atom stereocenters. The van der Waals surface area contributed by atoms with Gasteiger partial charge in [0.05, 0.1) is 30.8 Å².